The molecule has 0 aliphatic carbocycles. The molecule has 142 valence electrons. The van der Waals surface area contributed by atoms with Gasteiger partial charge in [0.25, 0.3) is 5.91 Å². The Morgan fingerprint density at radius 3 is 2.81 bits per heavy atom. The van der Waals surface area contributed by atoms with E-state index in [1.54, 1.807) is 0 Å². The Balaban J connectivity index is 1.38. The molecule has 0 bridgehead atoms. The van der Waals surface area contributed by atoms with Gasteiger partial charge in [0.15, 0.2) is 18.0 Å². The van der Waals surface area contributed by atoms with Crippen LogP contribution in [0.15, 0.2) is 42.5 Å². The van der Waals surface area contributed by atoms with Crippen molar-refractivity contribution in [3.63, 3.8) is 0 Å². The lowest BCUT2D eigenvalue weighted by molar-refractivity contribution is -0.910. The fourth-order valence-corrected chi connectivity index (χ4v) is 4.11. The van der Waals surface area contributed by atoms with Crippen molar-refractivity contribution in [2.75, 3.05) is 26.3 Å². The number of nitrogens with one attached hydrogen (secondary N) is 2. The van der Waals surface area contributed by atoms with E-state index in [2.05, 4.69) is 17.4 Å². The van der Waals surface area contributed by atoms with E-state index in [9.17, 15) is 4.79 Å². The van der Waals surface area contributed by atoms with E-state index in [4.69, 9.17) is 21.1 Å². The molecule has 0 spiro atoms. The number of ether oxygens (including phenoxy) is 2. The predicted octanol–water partition coefficient (Wildman–Crippen LogP) is 2.15. The summed E-state index contributed by atoms with van der Waals surface area (Å²) in [5, 5.41) is 3.68. The topological polar surface area (TPSA) is 52.0 Å². The molecular weight excluding hydrogens is 364 g/mol. The first-order valence-electron chi connectivity index (χ1n) is 9.45. The highest BCUT2D eigenvalue weighted by molar-refractivity contribution is 6.31. The lowest BCUT2D eigenvalue weighted by atomic mass is 10.0. The van der Waals surface area contributed by atoms with Gasteiger partial charge >= 0.3 is 0 Å². The molecule has 0 aromatic heterocycles. The molecule has 0 radical (unpaired) electrons. The van der Waals surface area contributed by atoms with Crippen LogP contribution in [0.25, 0.3) is 0 Å². The van der Waals surface area contributed by atoms with Gasteiger partial charge in [0.05, 0.1) is 6.54 Å². The number of amides is 1. The molecule has 1 unspecified atom stereocenters. The van der Waals surface area contributed by atoms with Crippen molar-refractivity contribution in [3.8, 4) is 11.5 Å². The van der Waals surface area contributed by atoms with Crippen molar-refractivity contribution in [2.45, 2.75) is 25.4 Å². The summed E-state index contributed by atoms with van der Waals surface area (Å²) in [7, 11) is 0. The van der Waals surface area contributed by atoms with Crippen molar-refractivity contribution in [1.82, 2.24) is 5.32 Å². The Morgan fingerprint density at radius 2 is 1.96 bits per heavy atom. The van der Waals surface area contributed by atoms with Crippen LogP contribution in [0.4, 0.5) is 0 Å². The zero-order valence-corrected chi connectivity index (χ0v) is 15.9. The van der Waals surface area contributed by atoms with Crippen LogP contribution in [-0.4, -0.2) is 32.2 Å². The highest BCUT2D eigenvalue weighted by atomic mass is 35.5. The summed E-state index contributed by atoms with van der Waals surface area (Å²) in [6, 6.07) is 14.1. The summed E-state index contributed by atoms with van der Waals surface area (Å²) in [6.45, 7) is 3.10. The molecule has 5 nitrogen and oxygen atoms in total. The first-order valence-corrected chi connectivity index (χ1v) is 9.83. The average Bonchev–Trinajstić information content (AvgIpc) is 3.15. The highest BCUT2D eigenvalue weighted by Gasteiger charge is 2.32. The zero-order valence-electron chi connectivity index (χ0n) is 15.2. The second-order valence-corrected chi connectivity index (χ2v) is 7.46. The Labute approximate surface area is 164 Å². The highest BCUT2D eigenvalue weighted by Crippen LogP contribution is 2.33. The maximum absolute atomic E-state index is 12.5. The molecule has 2 aliphatic heterocycles. The van der Waals surface area contributed by atoms with Crippen molar-refractivity contribution < 1.29 is 19.2 Å². The zero-order chi connectivity index (χ0) is 18.6. The van der Waals surface area contributed by atoms with E-state index in [0.717, 1.165) is 36.4 Å². The van der Waals surface area contributed by atoms with Gasteiger partial charge in [-0.05, 0) is 29.8 Å². The minimum Gasteiger partial charge on any atom is -0.486 e. The van der Waals surface area contributed by atoms with Crippen LogP contribution in [0.5, 0.6) is 11.5 Å². The van der Waals surface area contributed by atoms with E-state index in [1.807, 2.05) is 30.3 Å². The van der Waals surface area contributed by atoms with Gasteiger partial charge in [0.2, 0.25) is 0 Å². The number of quaternary nitrogens is 1. The second-order valence-electron chi connectivity index (χ2n) is 7.05. The molecule has 2 aromatic carbocycles. The van der Waals surface area contributed by atoms with E-state index < -0.39 is 0 Å². The Kier molecular flexibility index (Phi) is 5.50. The largest absolute Gasteiger partial charge is 0.486 e. The van der Waals surface area contributed by atoms with E-state index in [-0.39, 0.29) is 5.91 Å². The van der Waals surface area contributed by atoms with Crippen LogP contribution in [-0.2, 0) is 11.3 Å². The maximum atomic E-state index is 12.5. The van der Waals surface area contributed by atoms with Crippen LogP contribution >= 0.6 is 11.6 Å². The molecule has 1 amide bonds. The molecule has 1 fully saturated rings. The van der Waals surface area contributed by atoms with Gasteiger partial charge in [-0.2, -0.15) is 0 Å². The van der Waals surface area contributed by atoms with Gasteiger partial charge in [-0.1, -0.05) is 29.8 Å². The number of hydrogen-bond donors (Lipinski definition) is 2. The fourth-order valence-electron chi connectivity index (χ4n) is 3.91. The third kappa shape index (κ3) is 4.20. The molecule has 2 heterocycles. The van der Waals surface area contributed by atoms with Gasteiger partial charge in [0, 0.05) is 30.0 Å². The Bertz CT molecular complexity index is 827. The van der Waals surface area contributed by atoms with Crippen LogP contribution in [0.1, 0.15) is 30.0 Å². The van der Waals surface area contributed by atoms with Crippen LogP contribution in [0, 0.1) is 0 Å². The minimum absolute atomic E-state index is 0.0503. The standard InChI is InChI=1S/C21H23ClN2O3/c22-17-5-2-1-4-16(17)13-23-21(25)14-24-9-3-6-18(24)15-7-8-19-20(12-15)27-11-10-26-19/h1-2,4-5,7-8,12,18H,3,6,9-11,13-14H2,(H,23,25)/p+1/t18-/m1/s1. The average molecular weight is 388 g/mol. The number of hydrogen-bond acceptors (Lipinski definition) is 3. The Hall–Kier alpha value is -2.24. The summed E-state index contributed by atoms with van der Waals surface area (Å²) in [4.78, 5) is 13.8. The van der Waals surface area contributed by atoms with Crippen LogP contribution in [0.3, 0.4) is 0 Å². The number of rotatable bonds is 5. The molecule has 0 saturated carbocycles. The maximum Gasteiger partial charge on any atom is 0.275 e. The molecule has 2 N–H and O–H groups in total. The molecule has 2 aliphatic rings. The lowest BCUT2D eigenvalue weighted by Crippen LogP contribution is -3.11. The van der Waals surface area contributed by atoms with Crippen molar-refractivity contribution >= 4 is 17.5 Å². The third-order valence-corrected chi connectivity index (χ3v) is 5.64. The van der Waals surface area contributed by atoms with Gasteiger partial charge < -0.3 is 19.7 Å². The van der Waals surface area contributed by atoms with Crippen molar-refractivity contribution in [3.05, 3.63) is 58.6 Å². The lowest BCUT2D eigenvalue weighted by Gasteiger charge is -2.24. The second kappa shape index (κ2) is 8.19. The van der Waals surface area contributed by atoms with Gasteiger partial charge in [-0.25, -0.2) is 0 Å². The number of carbonyl (C=O) groups is 1. The molecule has 27 heavy (non-hydrogen) atoms. The number of carbonyl (C=O) groups excluding carboxylic acids is 1. The van der Waals surface area contributed by atoms with Gasteiger partial charge in [-0.15, -0.1) is 0 Å². The predicted molar refractivity (Wildman–Crippen MR) is 103 cm³/mol. The van der Waals surface area contributed by atoms with Crippen molar-refractivity contribution in [1.29, 1.82) is 0 Å². The van der Waals surface area contributed by atoms with Gasteiger partial charge in [0.1, 0.15) is 19.3 Å². The van der Waals surface area contributed by atoms with E-state index in [1.165, 1.54) is 10.5 Å². The molecule has 2 atom stereocenters. The number of halogens is 1. The SMILES string of the molecule is O=C(C[NH+]1CCC[C@@H]1c1ccc2c(c1)OCCO2)NCc1ccccc1Cl. The van der Waals surface area contributed by atoms with Gasteiger partial charge in [-0.3, -0.25) is 4.79 Å². The fraction of sp³-hybridized carbons (Fsp3) is 0.381. The third-order valence-electron chi connectivity index (χ3n) is 5.27. The Morgan fingerprint density at radius 1 is 1.15 bits per heavy atom. The summed E-state index contributed by atoms with van der Waals surface area (Å²) in [5.41, 5.74) is 2.15. The number of fused-ring (bicyclic) bond motifs is 1. The summed E-state index contributed by atoms with van der Waals surface area (Å²) < 4.78 is 11.3. The first kappa shape index (κ1) is 18.1. The smallest absolute Gasteiger partial charge is 0.275 e. The van der Waals surface area contributed by atoms with E-state index >= 15 is 0 Å². The molecular formula is C21H24ClN2O3+. The first-order chi connectivity index (χ1) is 13.2. The normalized spacial score (nSPS) is 21.1. The van der Waals surface area contributed by atoms with E-state index in [0.29, 0.717) is 37.4 Å². The summed E-state index contributed by atoms with van der Waals surface area (Å²) in [5.74, 6) is 1.67. The molecule has 1 saturated heterocycles. The number of benzene rings is 2. The van der Waals surface area contributed by atoms with Crippen LogP contribution in [0.2, 0.25) is 5.02 Å². The molecule has 4 rings (SSSR count). The summed E-state index contributed by atoms with van der Waals surface area (Å²) in [6.07, 6.45) is 2.19. The molecule has 2 aromatic rings. The quantitative estimate of drug-likeness (QED) is 0.826. The van der Waals surface area contributed by atoms with Crippen molar-refractivity contribution in [2.24, 2.45) is 0 Å². The molecule has 6 heteroatoms. The summed E-state index contributed by atoms with van der Waals surface area (Å²) >= 11 is 6.16. The van der Waals surface area contributed by atoms with Crippen LogP contribution < -0.4 is 19.7 Å². The monoisotopic (exact) mass is 387 g/mol. The number of likely N-dealkylation sites (tertiary alicyclic amines) is 1. The minimum atomic E-state index is 0.0503.